The van der Waals surface area contributed by atoms with E-state index in [4.69, 9.17) is 0 Å². The van der Waals surface area contributed by atoms with Crippen LogP contribution in [0.4, 0.5) is 0 Å². The molecule has 1 rings (SSSR count). The van der Waals surface area contributed by atoms with Gasteiger partial charge in [0.05, 0.1) is 5.60 Å². The van der Waals surface area contributed by atoms with Crippen molar-refractivity contribution in [3.8, 4) is 0 Å². The van der Waals surface area contributed by atoms with E-state index in [1.54, 1.807) is 0 Å². The third kappa shape index (κ3) is 3.85. The largest absolute Gasteiger partial charge is 0.385 e. The zero-order valence-corrected chi connectivity index (χ0v) is 11.7. The summed E-state index contributed by atoms with van der Waals surface area (Å²) in [6.45, 7) is 8.48. The van der Waals surface area contributed by atoms with Crippen LogP contribution in [-0.2, 0) is 12.0 Å². The molecule has 0 amide bonds. The van der Waals surface area contributed by atoms with E-state index in [2.05, 4.69) is 45.0 Å². The van der Waals surface area contributed by atoms with Crippen molar-refractivity contribution in [1.29, 1.82) is 0 Å². The number of aliphatic hydroxyl groups is 1. The van der Waals surface area contributed by atoms with E-state index in [1.807, 2.05) is 6.92 Å². The Bertz CT molecular complexity index is 320. The molecule has 0 heterocycles. The maximum Gasteiger partial charge on any atom is 0.0871 e. The highest BCUT2D eigenvalue weighted by Crippen LogP contribution is 2.31. The zero-order chi connectivity index (χ0) is 12.9. The van der Waals surface area contributed by atoms with E-state index in [0.717, 1.165) is 31.2 Å². The van der Waals surface area contributed by atoms with Crippen molar-refractivity contribution in [1.82, 2.24) is 0 Å². The number of aryl methyl sites for hydroxylation is 1. The summed E-state index contributed by atoms with van der Waals surface area (Å²) >= 11 is 0. The molecule has 1 heteroatoms. The average Bonchev–Trinajstić information content (AvgIpc) is 2.36. The van der Waals surface area contributed by atoms with E-state index in [1.165, 1.54) is 5.56 Å². The monoisotopic (exact) mass is 234 g/mol. The molecule has 1 unspecified atom stereocenters. The molecular weight excluding hydrogens is 208 g/mol. The minimum absolute atomic E-state index is 0.607. The topological polar surface area (TPSA) is 20.2 Å². The molecule has 1 aromatic carbocycles. The summed E-state index contributed by atoms with van der Waals surface area (Å²) in [7, 11) is 0. The molecule has 17 heavy (non-hydrogen) atoms. The van der Waals surface area contributed by atoms with Crippen LogP contribution in [0.25, 0.3) is 0 Å². The number of rotatable bonds is 6. The number of benzene rings is 1. The molecule has 0 aliphatic rings. The van der Waals surface area contributed by atoms with E-state index >= 15 is 0 Å². The summed E-state index contributed by atoms with van der Waals surface area (Å²) in [5.41, 5.74) is 1.68. The molecule has 0 aliphatic carbocycles. The van der Waals surface area contributed by atoms with Gasteiger partial charge in [-0.15, -0.1) is 0 Å². The lowest BCUT2D eigenvalue weighted by Gasteiger charge is -2.28. The summed E-state index contributed by atoms with van der Waals surface area (Å²) in [5, 5.41) is 10.6. The lowest BCUT2D eigenvalue weighted by atomic mass is 9.83. The van der Waals surface area contributed by atoms with Crippen LogP contribution in [0.3, 0.4) is 0 Å². The van der Waals surface area contributed by atoms with Crippen LogP contribution in [-0.4, -0.2) is 5.11 Å². The van der Waals surface area contributed by atoms with Gasteiger partial charge in [-0.25, -0.2) is 0 Å². The number of hydrogen-bond donors (Lipinski definition) is 1. The van der Waals surface area contributed by atoms with Gasteiger partial charge in [-0.3, -0.25) is 0 Å². The first-order valence-electron chi connectivity index (χ1n) is 6.85. The maximum absolute atomic E-state index is 10.6. The molecule has 0 radical (unpaired) electrons. The molecule has 0 saturated carbocycles. The highest BCUT2D eigenvalue weighted by Gasteiger charge is 2.25. The van der Waals surface area contributed by atoms with Crippen LogP contribution >= 0.6 is 0 Å². The fourth-order valence-electron chi connectivity index (χ4n) is 2.36. The van der Waals surface area contributed by atoms with Crippen LogP contribution in [0, 0.1) is 5.92 Å². The van der Waals surface area contributed by atoms with Gasteiger partial charge in [-0.05, 0) is 36.8 Å². The van der Waals surface area contributed by atoms with E-state index in [0.29, 0.717) is 5.92 Å². The minimum atomic E-state index is -0.692. The lowest BCUT2D eigenvalue weighted by Crippen LogP contribution is -2.24. The highest BCUT2D eigenvalue weighted by atomic mass is 16.3. The summed E-state index contributed by atoms with van der Waals surface area (Å²) in [5.74, 6) is 0.607. The maximum atomic E-state index is 10.6. The van der Waals surface area contributed by atoms with E-state index < -0.39 is 5.60 Å². The van der Waals surface area contributed by atoms with Crippen molar-refractivity contribution in [3.63, 3.8) is 0 Å². The summed E-state index contributed by atoms with van der Waals surface area (Å²) in [4.78, 5) is 0. The minimum Gasteiger partial charge on any atom is -0.385 e. The molecule has 1 atom stereocenters. The van der Waals surface area contributed by atoms with Crippen molar-refractivity contribution in [2.45, 2.75) is 59.0 Å². The second kappa shape index (κ2) is 6.20. The lowest BCUT2D eigenvalue weighted by molar-refractivity contribution is 0.0285. The van der Waals surface area contributed by atoms with Gasteiger partial charge in [0, 0.05) is 0 Å². The van der Waals surface area contributed by atoms with Gasteiger partial charge in [0.2, 0.25) is 0 Å². The first kappa shape index (κ1) is 14.2. The van der Waals surface area contributed by atoms with Gasteiger partial charge in [-0.1, -0.05) is 57.9 Å². The van der Waals surface area contributed by atoms with Crippen LogP contribution < -0.4 is 0 Å². The molecule has 0 fully saturated rings. The number of hydrogen-bond acceptors (Lipinski definition) is 1. The fourth-order valence-corrected chi connectivity index (χ4v) is 2.36. The van der Waals surface area contributed by atoms with E-state index in [9.17, 15) is 5.11 Å². The quantitative estimate of drug-likeness (QED) is 0.778. The summed E-state index contributed by atoms with van der Waals surface area (Å²) in [6, 6.07) is 8.38. The molecule has 1 aromatic rings. The zero-order valence-electron chi connectivity index (χ0n) is 11.7. The molecule has 0 spiro atoms. The predicted octanol–water partition coefficient (Wildman–Crippen LogP) is 4.28. The van der Waals surface area contributed by atoms with Gasteiger partial charge in [-0.2, -0.15) is 0 Å². The second-order valence-electron chi connectivity index (χ2n) is 5.21. The van der Waals surface area contributed by atoms with Gasteiger partial charge in [0.25, 0.3) is 0 Å². The van der Waals surface area contributed by atoms with Crippen LogP contribution in [0.15, 0.2) is 24.3 Å². The van der Waals surface area contributed by atoms with Crippen LogP contribution in [0.2, 0.25) is 0 Å². The van der Waals surface area contributed by atoms with Gasteiger partial charge in [0.15, 0.2) is 0 Å². The Hall–Kier alpha value is -0.820. The van der Waals surface area contributed by atoms with Gasteiger partial charge >= 0.3 is 0 Å². The molecular formula is C16H26O. The normalized spacial score (nSPS) is 14.9. The first-order valence-corrected chi connectivity index (χ1v) is 6.85. The third-order valence-corrected chi connectivity index (χ3v) is 3.82. The average molecular weight is 234 g/mol. The standard InChI is InChI=1S/C16H26O/c1-5-13(6-2)12-16(4,17)15-10-8-14(7-3)9-11-15/h8-11,13,17H,5-7,12H2,1-4H3. The molecule has 0 saturated heterocycles. The van der Waals surface area contributed by atoms with Crippen molar-refractivity contribution < 1.29 is 5.11 Å². The molecule has 0 bridgehead atoms. The Morgan fingerprint density at radius 1 is 1.06 bits per heavy atom. The molecule has 1 nitrogen and oxygen atoms in total. The molecule has 0 aliphatic heterocycles. The molecule has 96 valence electrons. The third-order valence-electron chi connectivity index (χ3n) is 3.82. The Morgan fingerprint density at radius 3 is 2.00 bits per heavy atom. The highest BCUT2D eigenvalue weighted by molar-refractivity contribution is 5.26. The summed E-state index contributed by atoms with van der Waals surface area (Å²) < 4.78 is 0. The Balaban J connectivity index is 2.80. The SMILES string of the molecule is CCc1ccc(C(C)(O)CC(CC)CC)cc1. The van der Waals surface area contributed by atoms with Crippen molar-refractivity contribution in [3.05, 3.63) is 35.4 Å². The smallest absolute Gasteiger partial charge is 0.0871 e. The van der Waals surface area contributed by atoms with Gasteiger partial charge in [0.1, 0.15) is 0 Å². The first-order chi connectivity index (χ1) is 8.03. The van der Waals surface area contributed by atoms with Crippen molar-refractivity contribution in [2.24, 2.45) is 5.92 Å². The van der Waals surface area contributed by atoms with Crippen LogP contribution in [0.1, 0.15) is 58.1 Å². The van der Waals surface area contributed by atoms with Crippen molar-refractivity contribution >= 4 is 0 Å². The predicted molar refractivity (Wildman–Crippen MR) is 74.1 cm³/mol. The Kier molecular flexibility index (Phi) is 5.20. The van der Waals surface area contributed by atoms with Gasteiger partial charge < -0.3 is 5.11 Å². The van der Waals surface area contributed by atoms with Crippen LogP contribution in [0.5, 0.6) is 0 Å². The Labute approximate surface area is 106 Å². The molecule has 0 aromatic heterocycles. The second-order valence-corrected chi connectivity index (χ2v) is 5.21. The van der Waals surface area contributed by atoms with E-state index in [-0.39, 0.29) is 0 Å². The Morgan fingerprint density at radius 2 is 1.59 bits per heavy atom. The summed E-state index contributed by atoms with van der Waals surface area (Å²) in [6.07, 6.45) is 4.18. The van der Waals surface area contributed by atoms with Crippen molar-refractivity contribution in [2.75, 3.05) is 0 Å². The fraction of sp³-hybridized carbons (Fsp3) is 0.625. The molecule has 1 N–H and O–H groups in total.